The largest absolute Gasteiger partial charge is 0.454 e. The number of nitrogens with one attached hydrogen (secondary N) is 1. The predicted molar refractivity (Wildman–Crippen MR) is 93.8 cm³/mol. The van der Waals surface area contributed by atoms with E-state index in [0.717, 1.165) is 39.6 Å². The summed E-state index contributed by atoms with van der Waals surface area (Å²) in [6.07, 6.45) is 1.91. The average molecular weight is 346 g/mol. The second-order valence-electron chi connectivity index (χ2n) is 5.87. The minimum absolute atomic E-state index is 0.0486. The Balaban J connectivity index is 1.41. The Hall–Kier alpha value is -2.20. The van der Waals surface area contributed by atoms with E-state index < -0.39 is 0 Å². The number of aryl methyl sites for hydroxylation is 2. The maximum atomic E-state index is 12.0. The van der Waals surface area contributed by atoms with Crippen molar-refractivity contribution >= 4 is 17.5 Å². The van der Waals surface area contributed by atoms with Crippen molar-refractivity contribution in [2.75, 3.05) is 13.3 Å². The summed E-state index contributed by atoms with van der Waals surface area (Å²) in [5.41, 5.74) is 3.25. The molecule has 1 aliphatic rings. The molecule has 24 heavy (non-hydrogen) atoms. The molecule has 4 nitrogen and oxygen atoms in total. The third-order valence-electron chi connectivity index (χ3n) is 4.05. The van der Waals surface area contributed by atoms with Gasteiger partial charge in [-0.1, -0.05) is 29.8 Å². The van der Waals surface area contributed by atoms with Crippen LogP contribution in [0.15, 0.2) is 36.4 Å². The van der Waals surface area contributed by atoms with Gasteiger partial charge in [0.1, 0.15) is 0 Å². The fraction of sp³-hybridized carbons (Fsp3) is 0.316. The molecule has 1 heterocycles. The van der Waals surface area contributed by atoms with Crippen LogP contribution < -0.4 is 14.8 Å². The number of benzene rings is 2. The van der Waals surface area contributed by atoms with Crippen LogP contribution in [0.1, 0.15) is 23.1 Å². The molecule has 1 amide bonds. The Labute approximate surface area is 146 Å². The minimum Gasteiger partial charge on any atom is -0.454 e. The molecular weight excluding hydrogens is 326 g/mol. The summed E-state index contributed by atoms with van der Waals surface area (Å²) in [4.78, 5) is 12.0. The summed E-state index contributed by atoms with van der Waals surface area (Å²) in [6.45, 7) is 2.85. The van der Waals surface area contributed by atoms with Crippen molar-refractivity contribution < 1.29 is 14.3 Å². The van der Waals surface area contributed by atoms with Crippen LogP contribution >= 0.6 is 11.6 Å². The van der Waals surface area contributed by atoms with Crippen LogP contribution in [0.5, 0.6) is 11.5 Å². The van der Waals surface area contributed by atoms with Crippen LogP contribution in [0.2, 0.25) is 5.02 Å². The molecule has 0 radical (unpaired) electrons. The lowest BCUT2D eigenvalue weighted by Crippen LogP contribution is -2.25. The van der Waals surface area contributed by atoms with Gasteiger partial charge in [0.25, 0.3) is 0 Å². The maximum Gasteiger partial charge on any atom is 0.231 e. The molecule has 0 fully saturated rings. The number of carbonyl (C=O) groups is 1. The molecule has 2 aromatic carbocycles. The zero-order valence-electron chi connectivity index (χ0n) is 13.6. The van der Waals surface area contributed by atoms with E-state index in [1.165, 1.54) is 0 Å². The van der Waals surface area contributed by atoms with Gasteiger partial charge in [0.2, 0.25) is 12.7 Å². The van der Waals surface area contributed by atoms with E-state index in [2.05, 4.69) is 5.32 Å². The maximum absolute atomic E-state index is 12.0. The first-order chi connectivity index (χ1) is 11.6. The van der Waals surface area contributed by atoms with Gasteiger partial charge in [0, 0.05) is 18.0 Å². The molecular formula is C19H20ClNO3. The highest BCUT2D eigenvalue weighted by atomic mass is 35.5. The average Bonchev–Trinajstić information content (AvgIpc) is 3.04. The van der Waals surface area contributed by atoms with E-state index in [-0.39, 0.29) is 12.7 Å². The first-order valence-corrected chi connectivity index (χ1v) is 8.40. The quantitative estimate of drug-likeness (QED) is 0.869. The molecule has 0 atom stereocenters. The van der Waals surface area contributed by atoms with Crippen molar-refractivity contribution in [3.05, 3.63) is 58.1 Å². The van der Waals surface area contributed by atoms with Gasteiger partial charge in [0.15, 0.2) is 11.5 Å². The zero-order valence-corrected chi connectivity index (χ0v) is 14.4. The molecule has 3 rings (SSSR count). The lowest BCUT2D eigenvalue weighted by atomic mass is 10.1. The Kier molecular flexibility index (Phi) is 5.26. The number of hydrogen-bond acceptors (Lipinski definition) is 3. The molecule has 1 aliphatic heterocycles. The lowest BCUT2D eigenvalue weighted by molar-refractivity contribution is -0.121. The Bertz CT molecular complexity index is 745. The van der Waals surface area contributed by atoms with Crippen molar-refractivity contribution in [1.82, 2.24) is 5.32 Å². The van der Waals surface area contributed by atoms with E-state index >= 15 is 0 Å². The topological polar surface area (TPSA) is 47.6 Å². The van der Waals surface area contributed by atoms with E-state index in [1.807, 2.05) is 43.3 Å². The highest BCUT2D eigenvalue weighted by molar-refractivity contribution is 6.31. The highest BCUT2D eigenvalue weighted by Gasteiger charge is 2.13. The van der Waals surface area contributed by atoms with Crippen LogP contribution in [-0.4, -0.2) is 19.2 Å². The third kappa shape index (κ3) is 4.20. The molecule has 0 saturated heterocycles. The number of halogens is 1. The lowest BCUT2D eigenvalue weighted by Gasteiger charge is -2.07. The normalized spacial score (nSPS) is 12.2. The SMILES string of the molecule is Cc1ccc(CCC(=O)NCCc2ccc3c(c2)OCO3)cc1Cl. The Morgan fingerprint density at radius 2 is 1.83 bits per heavy atom. The van der Waals surface area contributed by atoms with Gasteiger partial charge in [-0.3, -0.25) is 4.79 Å². The Morgan fingerprint density at radius 3 is 2.67 bits per heavy atom. The van der Waals surface area contributed by atoms with Gasteiger partial charge in [-0.15, -0.1) is 0 Å². The summed E-state index contributed by atoms with van der Waals surface area (Å²) < 4.78 is 10.6. The van der Waals surface area contributed by atoms with Gasteiger partial charge in [-0.25, -0.2) is 0 Å². The highest BCUT2D eigenvalue weighted by Crippen LogP contribution is 2.32. The molecule has 0 bridgehead atoms. The van der Waals surface area contributed by atoms with Crippen molar-refractivity contribution in [1.29, 1.82) is 0 Å². The number of fused-ring (bicyclic) bond motifs is 1. The summed E-state index contributed by atoms with van der Waals surface area (Å²) in [6, 6.07) is 11.8. The molecule has 0 aliphatic carbocycles. The third-order valence-corrected chi connectivity index (χ3v) is 4.46. The fourth-order valence-corrected chi connectivity index (χ4v) is 2.78. The van der Waals surface area contributed by atoms with Crippen LogP contribution in [-0.2, 0) is 17.6 Å². The molecule has 0 aromatic heterocycles. The molecule has 0 spiro atoms. The van der Waals surface area contributed by atoms with Crippen molar-refractivity contribution in [3.63, 3.8) is 0 Å². The summed E-state index contributed by atoms with van der Waals surface area (Å²) in [7, 11) is 0. The second kappa shape index (κ2) is 7.58. The predicted octanol–water partition coefficient (Wildman–Crippen LogP) is 3.67. The van der Waals surface area contributed by atoms with Crippen LogP contribution in [0.4, 0.5) is 0 Å². The van der Waals surface area contributed by atoms with Crippen molar-refractivity contribution in [2.24, 2.45) is 0 Å². The summed E-state index contributed by atoms with van der Waals surface area (Å²) in [5, 5.41) is 3.70. The molecule has 126 valence electrons. The Morgan fingerprint density at radius 1 is 1.08 bits per heavy atom. The number of hydrogen-bond donors (Lipinski definition) is 1. The van der Waals surface area contributed by atoms with Gasteiger partial charge >= 0.3 is 0 Å². The number of carbonyl (C=O) groups excluding carboxylic acids is 1. The molecule has 5 heteroatoms. The number of amides is 1. The van der Waals surface area contributed by atoms with E-state index in [1.54, 1.807) is 0 Å². The second-order valence-corrected chi connectivity index (χ2v) is 6.28. The summed E-state index contributed by atoms with van der Waals surface area (Å²) in [5.74, 6) is 1.60. The zero-order chi connectivity index (χ0) is 16.9. The van der Waals surface area contributed by atoms with Crippen LogP contribution in [0.25, 0.3) is 0 Å². The van der Waals surface area contributed by atoms with Gasteiger partial charge in [0.05, 0.1) is 0 Å². The van der Waals surface area contributed by atoms with E-state index in [4.69, 9.17) is 21.1 Å². The first-order valence-electron chi connectivity index (χ1n) is 8.02. The van der Waals surface area contributed by atoms with E-state index in [0.29, 0.717) is 19.4 Å². The van der Waals surface area contributed by atoms with Gasteiger partial charge in [-0.2, -0.15) is 0 Å². The number of ether oxygens (including phenoxy) is 2. The minimum atomic E-state index is 0.0486. The van der Waals surface area contributed by atoms with E-state index in [9.17, 15) is 4.79 Å². The first kappa shape index (κ1) is 16.7. The van der Waals surface area contributed by atoms with Gasteiger partial charge < -0.3 is 14.8 Å². The molecule has 1 N–H and O–H groups in total. The van der Waals surface area contributed by atoms with Crippen molar-refractivity contribution in [2.45, 2.75) is 26.2 Å². The molecule has 0 unspecified atom stereocenters. The smallest absolute Gasteiger partial charge is 0.231 e. The molecule has 0 saturated carbocycles. The van der Waals surface area contributed by atoms with Crippen LogP contribution in [0, 0.1) is 6.92 Å². The van der Waals surface area contributed by atoms with Crippen LogP contribution in [0.3, 0.4) is 0 Å². The van der Waals surface area contributed by atoms with Crippen molar-refractivity contribution in [3.8, 4) is 11.5 Å². The monoisotopic (exact) mass is 345 g/mol. The number of rotatable bonds is 6. The summed E-state index contributed by atoms with van der Waals surface area (Å²) >= 11 is 6.10. The molecule has 2 aromatic rings. The fourth-order valence-electron chi connectivity index (χ4n) is 2.58. The van der Waals surface area contributed by atoms with Gasteiger partial charge in [-0.05, 0) is 54.7 Å². The standard InChI is InChI=1S/C19H20ClNO3/c1-13-2-3-14(10-16(13)20)5-7-19(22)21-9-8-15-4-6-17-18(11-15)24-12-23-17/h2-4,6,10-11H,5,7-9,12H2,1H3,(H,21,22).